The Morgan fingerprint density at radius 3 is 2.26 bits per heavy atom. The molecule has 0 aliphatic heterocycles. The maximum Gasteiger partial charge on any atom is 0.203 e. The number of hydrogen-bond donors (Lipinski definition) is 0. The Hall–Kier alpha value is -1.01. The lowest BCUT2D eigenvalue weighted by Gasteiger charge is -2.44. The molecule has 0 bridgehead atoms. The molecule has 0 atom stereocenters. The van der Waals surface area contributed by atoms with Crippen molar-refractivity contribution in [2.45, 2.75) is 57.8 Å². The van der Waals surface area contributed by atoms with Gasteiger partial charge in [0, 0.05) is 6.10 Å². The van der Waals surface area contributed by atoms with E-state index < -0.39 is 25.8 Å². The normalized spacial score (nSPS) is 21.9. The molecule has 0 aromatic heterocycles. The minimum absolute atomic E-state index is 0.170. The molecule has 0 N–H and O–H groups in total. The zero-order valence-electron chi connectivity index (χ0n) is 14.4. The summed E-state index contributed by atoms with van der Waals surface area (Å²) < 4.78 is 51.1. The number of hydrogen-bond acceptors (Lipinski definition) is 2. The van der Waals surface area contributed by atoms with Crippen molar-refractivity contribution in [2.24, 2.45) is 5.92 Å². The summed E-state index contributed by atoms with van der Waals surface area (Å²) in [5.41, 5.74) is 0. The van der Waals surface area contributed by atoms with Crippen molar-refractivity contribution in [1.82, 2.24) is 0 Å². The van der Waals surface area contributed by atoms with E-state index in [1.165, 1.54) is 0 Å². The van der Waals surface area contributed by atoms with Crippen LogP contribution in [0.15, 0.2) is 12.1 Å². The van der Waals surface area contributed by atoms with E-state index in [1.807, 2.05) is 0 Å². The summed E-state index contributed by atoms with van der Waals surface area (Å²) in [7, 11) is -1.77. The van der Waals surface area contributed by atoms with E-state index in [-0.39, 0.29) is 22.8 Å². The molecule has 1 aromatic carbocycles. The molecule has 0 heterocycles. The average Bonchev–Trinajstić information content (AvgIpc) is 2.39. The molecule has 1 aliphatic rings. The molecule has 6 heteroatoms. The number of rotatable bonds is 5. The molecule has 0 radical (unpaired) electrons. The Morgan fingerprint density at radius 2 is 1.70 bits per heavy atom. The van der Waals surface area contributed by atoms with Crippen molar-refractivity contribution in [3.05, 3.63) is 29.6 Å². The van der Waals surface area contributed by atoms with E-state index in [2.05, 4.69) is 33.9 Å². The molecule has 130 valence electrons. The fraction of sp³-hybridized carbons (Fsp3) is 0.647. The van der Waals surface area contributed by atoms with Crippen molar-refractivity contribution in [2.75, 3.05) is 6.61 Å². The predicted octanol–water partition coefficient (Wildman–Crippen LogP) is 5.28. The smallest absolute Gasteiger partial charge is 0.203 e. The highest BCUT2D eigenvalue weighted by atomic mass is 28.4. The van der Waals surface area contributed by atoms with Crippen molar-refractivity contribution in [3.8, 4) is 5.75 Å². The lowest BCUT2D eigenvalue weighted by Crippen LogP contribution is -2.48. The minimum atomic E-state index is -1.77. The van der Waals surface area contributed by atoms with E-state index in [1.54, 1.807) is 0 Å². The van der Waals surface area contributed by atoms with Crippen LogP contribution < -0.4 is 4.74 Å². The summed E-state index contributed by atoms with van der Waals surface area (Å²) in [4.78, 5) is 0. The standard InChI is InChI=1S/C17H25F3O2Si/c1-17(2,3)23(4,5)22-12-8-11(9-12)10-21-14-7-6-13(18)15(19)16(14)20/h6-7,11-12H,8-10H2,1-5H3/t11-,12+. The van der Waals surface area contributed by atoms with Gasteiger partial charge in [0.25, 0.3) is 0 Å². The van der Waals surface area contributed by atoms with Crippen molar-refractivity contribution in [3.63, 3.8) is 0 Å². The molecular formula is C17H25F3O2Si. The first kappa shape index (κ1) is 18.3. The van der Waals surface area contributed by atoms with E-state index in [4.69, 9.17) is 9.16 Å². The maximum absolute atomic E-state index is 13.5. The van der Waals surface area contributed by atoms with Crippen LogP contribution in [0.4, 0.5) is 13.2 Å². The van der Waals surface area contributed by atoms with Gasteiger partial charge in [-0.15, -0.1) is 0 Å². The van der Waals surface area contributed by atoms with Crippen molar-refractivity contribution >= 4 is 8.32 Å². The zero-order chi connectivity index (χ0) is 17.4. The summed E-state index contributed by atoms with van der Waals surface area (Å²) in [6.07, 6.45) is 1.94. The average molecular weight is 346 g/mol. The van der Waals surface area contributed by atoms with Gasteiger partial charge in [-0.2, -0.15) is 4.39 Å². The van der Waals surface area contributed by atoms with Crippen LogP contribution in [0.25, 0.3) is 0 Å². The Kier molecular flexibility index (Phi) is 5.16. The van der Waals surface area contributed by atoms with Crippen LogP contribution in [0, 0.1) is 23.4 Å². The van der Waals surface area contributed by atoms with Crippen LogP contribution in [0.1, 0.15) is 33.6 Å². The Labute approximate surface area is 137 Å². The molecule has 0 saturated heterocycles. The molecule has 23 heavy (non-hydrogen) atoms. The van der Waals surface area contributed by atoms with Gasteiger partial charge in [-0.1, -0.05) is 20.8 Å². The maximum atomic E-state index is 13.5. The van der Waals surface area contributed by atoms with Gasteiger partial charge in [0.05, 0.1) is 6.61 Å². The van der Waals surface area contributed by atoms with Crippen molar-refractivity contribution < 1.29 is 22.3 Å². The van der Waals surface area contributed by atoms with Crippen LogP contribution >= 0.6 is 0 Å². The van der Waals surface area contributed by atoms with Gasteiger partial charge in [-0.25, -0.2) is 8.78 Å². The van der Waals surface area contributed by atoms with Crippen LogP contribution in [-0.2, 0) is 4.43 Å². The Bertz CT molecular complexity index is 564. The van der Waals surface area contributed by atoms with Gasteiger partial charge >= 0.3 is 0 Å². The number of halogens is 3. The summed E-state index contributed by atoms with van der Waals surface area (Å²) in [5, 5.41) is 0.170. The van der Waals surface area contributed by atoms with Crippen LogP contribution in [0.2, 0.25) is 18.1 Å². The van der Waals surface area contributed by atoms with E-state index in [0.29, 0.717) is 6.61 Å². The molecule has 1 aliphatic carbocycles. The lowest BCUT2D eigenvalue weighted by atomic mass is 9.83. The molecule has 0 amide bonds. The highest BCUT2D eigenvalue weighted by Gasteiger charge is 2.42. The van der Waals surface area contributed by atoms with Crippen LogP contribution in [0.5, 0.6) is 5.75 Å². The summed E-state index contributed by atoms with van der Waals surface area (Å²) in [6, 6.07) is 1.99. The number of benzene rings is 1. The fourth-order valence-corrected chi connectivity index (χ4v) is 3.71. The molecule has 0 unspecified atom stereocenters. The first-order valence-electron chi connectivity index (χ1n) is 7.95. The number of ether oxygens (including phenoxy) is 1. The Balaban J connectivity index is 1.80. The lowest BCUT2D eigenvalue weighted by molar-refractivity contribution is 0.0280. The van der Waals surface area contributed by atoms with Gasteiger partial charge < -0.3 is 9.16 Å². The van der Waals surface area contributed by atoms with Crippen LogP contribution in [-0.4, -0.2) is 21.0 Å². The third-order valence-electron chi connectivity index (χ3n) is 4.93. The molecular weight excluding hydrogens is 321 g/mol. The third kappa shape index (κ3) is 4.09. The summed E-state index contributed by atoms with van der Waals surface area (Å²) in [5.74, 6) is -3.94. The third-order valence-corrected chi connectivity index (χ3v) is 9.47. The topological polar surface area (TPSA) is 18.5 Å². The molecule has 1 fully saturated rings. The second kappa shape index (κ2) is 6.47. The van der Waals surface area contributed by atoms with E-state index in [0.717, 1.165) is 25.0 Å². The molecule has 2 rings (SSSR count). The molecule has 0 spiro atoms. The highest BCUT2D eigenvalue weighted by Crippen LogP contribution is 2.41. The summed E-state index contributed by atoms with van der Waals surface area (Å²) >= 11 is 0. The Morgan fingerprint density at radius 1 is 1.09 bits per heavy atom. The van der Waals surface area contributed by atoms with Gasteiger partial charge in [-0.05, 0) is 49.0 Å². The van der Waals surface area contributed by atoms with Crippen LogP contribution in [0.3, 0.4) is 0 Å². The molecule has 2 nitrogen and oxygen atoms in total. The van der Waals surface area contributed by atoms with E-state index in [9.17, 15) is 13.2 Å². The van der Waals surface area contributed by atoms with E-state index >= 15 is 0 Å². The van der Waals surface area contributed by atoms with Crippen molar-refractivity contribution in [1.29, 1.82) is 0 Å². The monoisotopic (exact) mass is 346 g/mol. The van der Waals surface area contributed by atoms with Gasteiger partial charge in [-0.3, -0.25) is 0 Å². The summed E-state index contributed by atoms with van der Waals surface area (Å²) in [6.45, 7) is 11.3. The minimum Gasteiger partial charge on any atom is -0.490 e. The first-order valence-corrected chi connectivity index (χ1v) is 10.9. The largest absolute Gasteiger partial charge is 0.490 e. The first-order chi connectivity index (χ1) is 10.5. The van der Waals surface area contributed by atoms with Gasteiger partial charge in [0.2, 0.25) is 5.82 Å². The molecule has 1 aromatic rings. The van der Waals surface area contributed by atoms with Gasteiger partial charge in [0.1, 0.15) is 0 Å². The fourth-order valence-electron chi connectivity index (χ4n) is 2.33. The predicted molar refractivity (Wildman–Crippen MR) is 86.6 cm³/mol. The quantitative estimate of drug-likeness (QED) is 0.533. The second-order valence-electron chi connectivity index (χ2n) is 7.82. The second-order valence-corrected chi connectivity index (χ2v) is 12.6. The van der Waals surface area contributed by atoms with Gasteiger partial charge in [0.15, 0.2) is 25.7 Å². The SMILES string of the molecule is CC(C)(C)[Si](C)(C)O[C@H]1C[C@@H](COc2ccc(F)c(F)c2F)C1. The molecule has 1 saturated carbocycles. The zero-order valence-corrected chi connectivity index (χ0v) is 15.4. The highest BCUT2D eigenvalue weighted by molar-refractivity contribution is 6.74.